The fourth-order valence-corrected chi connectivity index (χ4v) is 1.65. The number of fused-ring (bicyclic) bond motifs is 1. The van der Waals surface area contributed by atoms with E-state index in [1.807, 2.05) is 0 Å². The molecule has 9 nitrogen and oxygen atoms in total. The van der Waals surface area contributed by atoms with Gasteiger partial charge in [-0.3, -0.25) is 9.36 Å². The summed E-state index contributed by atoms with van der Waals surface area (Å²) in [7, 11) is 0. The van der Waals surface area contributed by atoms with Crippen molar-refractivity contribution in [3.63, 3.8) is 0 Å². The van der Waals surface area contributed by atoms with Gasteiger partial charge in [-0.2, -0.15) is 9.61 Å². The second-order valence-electron chi connectivity index (χ2n) is 3.72. The summed E-state index contributed by atoms with van der Waals surface area (Å²) in [6.45, 7) is 0.0524. The van der Waals surface area contributed by atoms with Gasteiger partial charge >= 0.3 is 5.97 Å². The van der Waals surface area contributed by atoms with Crippen LogP contribution in [-0.4, -0.2) is 35.5 Å². The average Bonchev–Trinajstić information content (AvgIpc) is 3.01. The first-order valence-electron chi connectivity index (χ1n) is 5.23. The van der Waals surface area contributed by atoms with Crippen LogP contribution in [0.15, 0.2) is 33.9 Å². The normalized spacial score (nSPS) is 10.9. The monoisotopic (exact) mass is 261 g/mol. The number of aromatic carboxylic acids is 1. The maximum atomic E-state index is 11.7. The second-order valence-corrected chi connectivity index (χ2v) is 3.72. The summed E-state index contributed by atoms with van der Waals surface area (Å²) in [6, 6.07) is 2.81. The van der Waals surface area contributed by atoms with Crippen LogP contribution in [0.1, 0.15) is 16.3 Å². The third kappa shape index (κ3) is 1.86. The Bertz CT molecular complexity index is 815. The van der Waals surface area contributed by atoms with E-state index >= 15 is 0 Å². The topological polar surface area (TPSA) is 116 Å². The van der Waals surface area contributed by atoms with E-state index in [0.29, 0.717) is 5.76 Å². The highest BCUT2D eigenvalue weighted by Crippen LogP contribution is 2.09. The largest absolute Gasteiger partial charge is 0.475 e. The molecule has 0 aliphatic carbocycles. The fourth-order valence-electron chi connectivity index (χ4n) is 1.65. The van der Waals surface area contributed by atoms with E-state index in [1.54, 1.807) is 0 Å². The molecule has 0 atom stereocenters. The molecule has 0 amide bonds. The van der Waals surface area contributed by atoms with Crippen LogP contribution in [0.25, 0.3) is 5.78 Å². The number of hydrogen-bond donors (Lipinski definition) is 1. The molecule has 0 radical (unpaired) electrons. The molecular formula is C10H7N5O4. The lowest BCUT2D eigenvalue weighted by Crippen LogP contribution is -2.23. The first-order valence-corrected chi connectivity index (χ1v) is 5.23. The third-order valence-electron chi connectivity index (χ3n) is 2.50. The molecule has 9 heteroatoms. The molecule has 0 fully saturated rings. The minimum atomic E-state index is -1.17. The Morgan fingerprint density at radius 1 is 1.42 bits per heavy atom. The van der Waals surface area contributed by atoms with Gasteiger partial charge in [0.25, 0.3) is 11.3 Å². The number of aromatic nitrogens is 5. The summed E-state index contributed by atoms with van der Waals surface area (Å²) in [5.41, 5.74) is -0.381. The van der Waals surface area contributed by atoms with Gasteiger partial charge in [0.2, 0.25) is 5.76 Å². The number of nitrogens with zero attached hydrogens (tertiary/aromatic N) is 5. The van der Waals surface area contributed by atoms with Gasteiger partial charge in [-0.25, -0.2) is 4.79 Å². The maximum absolute atomic E-state index is 11.7. The van der Waals surface area contributed by atoms with E-state index in [0.717, 1.165) is 6.20 Å². The van der Waals surface area contributed by atoms with Crippen molar-refractivity contribution in [3.05, 3.63) is 46.5 Å². The number of carboxylic acid groups (broad SMARTS) is 1. The van der Waals surface area contributed by atoms with Crippen LogP contribution in [0.3, 0.4) is 0 Å². The van der Waals surface area contributed by atoms with E-state index in [2.05, 4.69) is 15.3 Å². The molecular weight excluding hydrogens is 254 g/mol. The smallest absolute Gasteiger partial charge is 0.371 e. The van der Waals surface area contributed by atoms with Gasteiger partial charge in [-0.05, 0) is 12.1 Å². The Labute approximate surface area is 104 Å². The van der Waals surface area contributed by atoms with Crippen LogP contribution in [-0.2, 0) is 6.54 Å². The van der Waals surface area contributed by atoms with E-state index in [4.69, 9.17) is 9.52 Å². The van der Waals surface area contributed by atoms with Gasteiger partial charge in [0.15, 0.2) is 0 Å². The molecule has 0 aliphatic rings. The fraction of sp³-hybridized carbons (Fsp3) is 0.100. The van der Waals surface area contributed by atoms with E-state index in [-0.39, 0.29) is 23.6 Å². The Balaban J connectivity index is 2.04. The minimum Gasteiger partial charge on any atom is -0.475 e. The summed E-state index contributed by atoms with van der Waals surface area (Å²) >= 11 is 0. The lowest BCUT2D eigenvalue weighted by Gasteiger charge is -2.03. The molecule has 3 aromatic heterocycles. The zero-order valence-electron chi connectivity index (χ0n) is 9.42. The van der Waals surface area contributed by atoms with Crippen molar-refractivity contribution < 1.29 is 14.3 Å². The summed E-state index contributed by atoms with van der Waals surface area (Å²) in [5.74, 6) is -0.771. The molecule has 3 rings (SSSR count). The van der Waals surface area contributed by atoms with Crippen molar-refractivity contribution in [3.8, 4) is 0 Å². The number of carbonyl (C=O) groups is 1. The molecule has 96 valence electrons. The lowest BCUT2D eigenvalue weighted by atomic mass is 10.4. The molecule has 0 saturated carbocycles. The van der Waals surface area contributed by atoms with Crippen LogP contribution in [0, 0.1) is 0 Å². The van der Waals surface area contributed by atoms with Gasteiger partial charge in [-0.15, -0.1) is 10.2 Å². The minimum absolute atomic E-state index is 0.0524. The molecule has 1 N–H and O–H groups in total. The molecule has 0 saturated heterocycles. The number of carboxylic acids is 1. The molecule has 0 spiro atoms. The maximum Gasteiger partial charge on any atom is 0.371 e. The molecule has 3 aromatic rings. The van der Waals surface area contributed by atoms with Gasteiger partial charge < -0.3 is 9.52 Å². The quantitative estimate of drug-likeness (QED) is 0.683. The van der Waals surface area contributed by atoms with Crippen molar-refractivity contribution in [1.29, 1.82) is 0 Å². The zero-order valence-corrected chi connectivity index (χ0v) is 9.42. The second kappa shape index (κ2) is 4.05. The van der Waals surface area contributed by atoms with Crippen molar-refractivity contribution >= 4 is 11.7 Å². The van der Waals surface area contributed by atoms with Crippen LogP contribution >= 0.6 is 0 Å². The first kappa shape index (κ1) is 11.1. The molecule has 0 unspecified atom stereocenters. The Morgan fingerprint density at radius 3 is 3.00 bits per heavy atom. The predicted molar refractivity (Wildman–Crippen MR) is 59.8 cm³/mol. The van der Waals surface area contributed by atoms with Gasteiger partial charge in [0.1, 0.15) is 18.3 Å². The summed E-state index contributed by atoms with van der Waals surface area (Å²) in [5, 5.41) is 20.0. The number of furan rings is 1. The van der Waals surface area contributed by atoms with Crippen LogP contribution in [0.2, 0.25) is 0 Å². The van der Waals surface area contributed by atoms with Crippen molar-refractivity contribution in [2.75, 3.05) is 0 Å². The highest BCUT2D eigenvalue weighted by Gasteiger charge is 2.12. The van der Waals surface area contributed by atoms with Crippen LogP contribution in [0.5, 0.6) is 0 Å². The van der Waals surface area contributed by atoms with Gasteiger partial charge in [0.05, 0.1) is 6.54 Å². The molecule has 0 bridgehead atoms. The third-order valence-corrected chi connectivity index (χ3v) is 2.50. The average molecular weight is 261 g/mol. The Morgan fingerprint density at radius 2 is 2.26 bits per heavy atom. The zero-order chi connectivity index (χ0) is 13.4. The van der Waals surface area contributed by atoms with E-state index in [9.17, 15) is 9.59 Å². The van der Waals surface area contributed by atoms with Gasteiger partial charge in [-0.1, -0.05) is 0 Å². The molecule has 3 heterocycles. The standard InChI is InChI=1S/C10H7N5O4/c16-8-3-12-15-5-11-13-10(15)14(8)4-6-1-2-7(19-6)9(17)18/h1-3,5H,4H2,(H,17,18). The van der Waals surface area contributed by atoms with Crippen molar-refractivity contribution in [1.82, 2.24) is 24.4 Å². The molecule has 19 heavy (non-hydrogen) atoms. The predicted octanol–water partition coefficient (Wildman–Crippen LogP) is -0.375. The van der Waals surface area contributed by atoms with E-state index < -0.39 is 5.97 Å². The number of hydrogen-bond acceptors (Lipinski definition) is 6. The van der Waals surface area contributed by atoms with Crippen LogP contribution in [0.4, 0.5) is 0 Å². The summed E-state index contributed by atoms with van der Waals surface area (Å²) in [4.78, 5) is 22.4. The Kier molecular flexibility index (Phi) is 2.37. The van der Waals surface area contributed by atoms with E-state index in [1.165, 1.54) is 27.5 Å². The lowest BCUT2D eigenvalue weighted by molar-refractivity contribution is 0.0660. The highest BCUT2D eigenvalue weighted by atomic mass is 16.4. The SMILES string of the molecule is O=C(O)c1ccc(Cn2c(=O)cnn3cnnc23)o1. The van der Waals surface area contributed by atoms with Crippen molar-refractivity contribution in [2.24, 2.45) is 0 Å². The van der Waals surface area contributed by atoms with Gasteiger partial charge in [0, 0.05) is 0 Å². The van der Waals surface area contributed by atoms with Crippen LogP contribution < -0.4 is 5.56 Å². The molecule has 0 aliphatic heterocycles. The Hall–Kier alpha value is -2.97. The highest BCUT2D eigenvalue weighted by molar-refractivity contribution is 5.84. The summed E-state index contributed by atoms with van der Waals surface area (Å²) < 4.78 is 7.71. The van der Waals surface area contributed by atoms with Crippen molar-refractivity contribution in [2.45, 2.75) is 6.54 Å². The first-order chi connectivity index (χ1) is 9.15. The molecule has 0 aromatic carbocycles. The summed E-state index contributed by atoms with van der Waals surface area (Å²) in [6.07, 6.45) is 2.48. The number of rotatable bonds is 3.